The number of nitrogens with zero attached hydrogens (tertiary/aromatic N) is 3. The lowest BCUT2D eigenvalue weighted by Crippen LogP contribution is -2.28. The molecule has 0 aliphatic carbocycles. The number of hydrogen-bond acceptors (Lipinski definition) is 9. The molecule has 1 aromatic heterocycles. The highest BCUT2D eigenvalue weighted by atomic mass is 32.2. The second kappa shape index (κ2) is 12.1. The Hall–Kier alpha value is -4.27. The maximum absolute atomic E-state index is 13.5. The molecule has 41 heavy (non-hydrogen) atoms. The lowest BCUT2D eigenvalue weighted by atomic mass is 10.0. The number of anilines is 1. The van der Waals surface area contributed by atoms with E-state index in [-0.39, 0.29) is 23.8 Å². The van der Waals surface area contributed by atoms with E-state index in [9.17, 15) is 14.9 Å². The van der Waals surface area contributed by atoms with Crippen molar-refractivity contribution in [2.24, 2.45) is 0 Å². The zero-order valence-electron chi connectivity index (χ0n) is 22.9. The van der Waals surface area contributed by atoms with Crippen molar-refractivity contribution in [2.45, 2.75) is 39.9 Å². The minimum atomic E-state index is -0.371. The van der Waals surface area contributed by atoms with Gasteiger partial charge in [0.1, 0.15) is 27.5 Å². The number of carbonyl (C=O) groups excluding carboxylic acids is 1. The van der Waals surface area contributed by atoms with Gasteiger partial charge in [-0.15, -0.1) is 0 Å². The molecule has 210 valence electrons. The van der Waals surface area contributed by atoms with Crippen LogP contribution in [0.4, 0.5) is 5.82 Å². The Kier molecular flexibility index (Phi) is 8.33. The van der Waals surface area contributed by atoms with Crippen LogP contribution in [-0.4, -0.2) is 33.6 Å². The van der Waals surface area contributed by atoms with E-state index in [1.54, 1.807) is 29.6 Å². The number of hydrogen-bond donors (Lipinski definition) is 1. The van der Waals surface area contributed by atoms with Crippen LogP contribution in [0.5, 0.6) is 17.2 Å². The van der Waals surface area contributed by atoms with E-state index in [0.29, 0.717) is 63.7 Å². The molecular formula is C30H28N4O5S2. The van der Waals surface area contributed by atoms with Gasteiger partial charge in [-0.3, -0.25) is 19.1 Å². The largest absolute Gasteiger partial charge is 0.497 e. The summed E-state index contributed by atoms with van der Waals surface area (Å²) in [5.74, 6) is 2.37. The summed E-state index contributed by atoms with van der Waals surface area (Å²) in [6, 6.07) is 15.2. The first-order chi connectivity index (χ1) is 19.8. The Balaban J connectivity index is 1.51. The third-order valence-corrected chi connectivity index (χ3v) is 8.25. The van der Waals surface area contributed by atoms with Crippen molar-refractivity contribution in [1.29, 1.82) is 5.26 Å². The van der Waals surface area contributed by atoms with Gasteiger partial charge in [-0.25, -0.2) is 0 Å². The normalized spacial score (nSPS) is 15.0. The van der Waals surface area contributed by atoms with Crippen LogP contribution in [0.2, 0.25) is 0 Å². The first-order valence-electron chi connectivity index (χ1n) is 13.0. The molecule has 1 saturated heterocycles. The van der Waals surface area contributed by atoms with Gasteiger partial charge in [0, 0.05) is 18.7 Å². The summed E-state index contributed by atoms with van der Waals surface area (Å²) < 4.78 is 18.2. The summed E-state index contributed by atoms with van der Waals surface area (Å²) in [6.07, 6.45) is 2.41. The average molecular weight is 589 g/mol. The maximum atomic E-state index is 13.5. The van der Waals surface area contributed by atoms with Gasteiger partial charge in [-0.2, -0.15) is 5.26 Å². The van der Waals surface area contributed by atoms with Crippen LogP contribution in [0, 0.1) is 18.3 Å². The van der Waals surface area contributed by atoms with Crippen molar-refractivity contribution in [3.8, 4) is 23.3 Å². The van der Waals surface area contributed by atoms with E-state index in [1.165, 1.54) is 11.8 Å². The molecule has 0 atom stereocenters. The molecule has 2 aromatic carbocycles. The predicted molar refractivity (Wildman–Crippen MR) is 162 cm³/mol. The number of carbonyl (C=O) groups is 1. The Morgan fingerprint density at radius 3 is 2.59 bits per heavy atom. The van der Waals surface area contributed by atoms with E-state index in [4.69, 9.17) is 26.4 Å². The van der Waals surface area contributed by atoms with Crippen LogP contribution in [0.15, 0.2) is 52.2 Å². The van der Waals surface area contributed by atoms with Gasteiger partial charge in [0.25, 0.3) is 11.5 Å². The summed E-state index contributed by atoms with van der Waals surface area (Å²) in [5, 5.41) is 13.3. The van der Waals surface area contributed by atoms with Gasteiger partial charge in [0.05, 0.1) is 18.6 Å². The molecule has 5 rings (SSSR count). The molecule has 0 radical (unpaired) electrons. The number of nitriles is 1. The molecule has 11 heteroatoms. The molecule has 2 aliphatic rings. The summed E-state index contributed by atoms with van der Waals surface area (Å²) in [7, 11) is 1.60. The number of thioether (sulfide) groups is 1. The number of rotatable bonds is 9. The molecule has 9 nitrogen and oxygen atoms in total. The van der Waals surface area contributed by atoms with Crippen molar-refractivity contribution in [3.63, 3.8) is 0 Å². The van der Waals surface area contributed by atoms with Crippen molar-refractivity contribution >= 4 is 46.1 Å². The van der Waals surface area contributed by atoms with Gasteiger partial charge >= 0.3 is 0 Å². The molecule has 1 amide bonds. The average Bonchev–Trinajstić information content (AvgIpc) is 3.55. The minimum absolute atomic E-state index is 0.0482. The Bertz CT molecular complexity index is 1660. The summed E-state index contributed by atoms with van der Waals surface area (Å²) in [5.41, 5.74) is 2.60. The van der Waals surface area contributed by atoms with Crippen LogP contribution in [0.25, 0.3) is 6.08 Å². The quantitative estimate of drug-likeness (QED) is 0.267. The van der Waals surface area contributed by atoms with E-state index < -0.39 is 0 Å². The van der Waals surface area contributed by atoms with Gasteiger partial charge < -0.3 is 19.5 Å². The topological polar surface area (TPSA) is 106 Å². The number of amides is 1. The molecule has 0 bridgehead atoms. The Morgan fingerprint density at radius 1 is 1.15 bits per heavy atom. The highest BCUT2D eigenvalue weighted by Crippen LogP contribution is 2.37. The van der Waals surface area contributed by atoms with E-state index >= 15 is 0 Å². The highest BCUT2D eigenvalue weighted by Gasteiger charge is 2.33. The van der Waals surface area contributed by atoms with Crippen LogP contribution in [-0.2, 0) is 24.4 Å². The number of nitrogens with one attached hydrogen (secondary N) is 1. The van der Waals surface area contributed by atoms with Gasteiger partial charge in [-0.05, 0) is 60.4 Å². The third-order valence-electron chi connectivity index (χ3n) is 6.87. The number of ether oxygens (including phenoxy) is 3. The van der Waals surface area contributed by atoms with Crippen molar-refractivity contribution in [1.82, 2.24) is 9.47 Å². The molecule has 2 aliphatic heterocycles. The van der Waals surface area contributed by atoms with E-state index in [0.717, 1.165) is 16.9 Å². The lowest BCUT2D eigenvalue weighted by molar-refractivity contribution is -0.122. The maximum Gasteiger partial charge on any atom is 0.270 e. The smallest absolute Gasteiger partial charge is 0.270 e. The number of methoxy groups -OCH3 is 1. The van der Waals surface area contributed by atoms with Crippen molar-refractivity contribution < 1.29 is 19.0 Å². The van der Waals surface area contributed by atoms with Gasteiger partial charge in [-0.1, -0.05) is 49.1 Å². The van der Waals surface area contributed by atoms with Crippen molar-refractivity contribution in [3.05, 3.63) is 85.5 Å². The number of aromatic nitrogens is 1. The lowest BCUT2D eigenvalue weighted by Gasteiger charge is -2.20. The Labute approximate surface area is 247 Å². The fourth-order valence-corrected chi connectivity index (χ4v) is 5.94. The molecule has 1 N–H and O–H groups in total. The molecule has 3 aromatic rings. The zero-order valence-corrected chi connectivity index (χ0v) is 24.5. The monoisotopic (exact) mass is 588 g/mol. The van der Waals surface area contributed by atoms with E-state index in [1.807, 2.05) is 49.4 Å². The second-order valence-corrected chi connectivity index (χ2v) is 11.2. The highest BCUT2D eigenvalue weighted by molar-refractivity contribution is 8.26. The van der Waals surface area contributed by atoms with E-state index in [2.05, 4.69) is 11.4 Å². The van der Waals surface area contributed by atoms with Crippen LogP contribution < -0.4 is 25.1 Å². The third kappa shape index (κ3) is 5.66. The fraction of sp³-hybridized carbons (Fsp3) is 0.267. The molecule has 0 unspecified atom stereocenters. The van der Waals surface area contributed by atoms with Crippen LogP contribution in [0.1, 0.15) is 41.2 Å². The van der Waals surface area contributed by atoms with Crippen LogP contribution >= 0.6 is 24.0 Å². The molecule has 1 fully saturated rings. The molecule has 0 spiro atoms. The summed E-state index contributed by atoms with van der Waals surface area (Å²) >= 11 is 6.77. The summed E-state index contributed by atoms with van der Waals surface area (Å²) in [4.78, 5) is 28.8. The molecular weight excluding hydrogens is 560 g/mol. The Morgan fingerprint density at radius 2 is 1.88 bits per heavy atom. The number of benzene rings is 2. The number of pyridine rings is 1. The predicted octanol–water partition coefficient (Wildman–Crippen LogP) is 5.19. The summed E-state index contributed by atoms with van der Waals surface area (Å²) in [6.45, 7) is 4.97. The standard InChI is InChI=1S/C30H28N4O5S2/c1-4-11-33-27(32-15-20-7-10-24-25(12-20)39-17-38-24)22(18(2)23(14-31)28(33)35)13-26-29(36)34(30(40)41-26)16-19-5-8-21(37-3)9-6-19/h5-10,12-13,32H,4,11,15-17H2,1-3H3/b26-13+. The fourth-order valence-electron chi connectivity index (χ4n) is 4.71. The zero-order chi connectivity index (χ0) is 29.1. The minimum Gasteiger partial charge on any atom is -0.497 e. The van der Waals surface area contributed by atoms with Crippen molar-refractivity contribution in [2.75, 3.05) is 19.2 Å². The first kappa shape index (κ1) is 28.3. The number of thiocarbonyl (C=S) groups is 1. The van der Waals surface area contributed by atoms with Gasteiger partial charge in [0.15, 0.2) is 11.5 Å². The number of fused-ring (bicyclic) bond motifs is 1. The first-order valence-corrected chi connectivity index (χ1v) is 14.2. The molecule has 0 saturated carbocycles. The SMILES string of the molecule is CCCn1c(NCc2ccc3c(c2)OCO3)c(/C=C2/SC(=S)N(Cc3ccc(OC)cc3)C2=O)c(C)c(C#N)c1=O. The van der Waals surface area contributed by atoms with Crippen LogP contribution in [0.3, 0.4) is 0 Å². The molecule has 3 heterocycles. The van der Waals surface area contributed by atoms with Gasteiger partial charge in [0.2, 0.25) is 6.79 Å². The second-order valence-electron chi connectivity index (χ2n) is 9.49.